The summed E-state index contributed by atoms with van der Waals surface area (Å²) in [4.78, 5) is 11.9. The molecule has 6 nitrogen and oxygen atoms in total. The highest BCUT2D eigenvalue weighted by atomic mass is 15.3. The van der Waals surface area contributed by atoms with Gasteiger partial charge in [-0.25, -0.2) is 15.8 Å². The van der Waals surface area contributed by atoms with Crippen molar-refractivity contribution in [1.29, 1.82) is 0 Å². The quantitative estimate of drug-likeness (QED) is 0.575. The van der Waals surface area contributed by atoms with E-state index in [0.29, 0.717) is 12.0 Å². The van der Waals surface area contributed by atoms with Crippen molar-refractivity contribution >= 4 is 11.6 Å². The molecule has 4 N–H and O–H groups in total. The Bertz CT molecular complexity index is 533. The Labute approximate surface area is 125 Å². The van der Waals surface area contributed by atoms with Crippen LogP contribution in [0.1, 0.15) is 43.0 Å². The van der Waals surface area contributed by atoms with E-state index in [1.807, 2.05) is 6.92 Å². The highest BCUT2D eigenvalue weighted by Gasteiger charge is 2.35. The second-order valence-corrected chi connectivity index (χ2v) is 6.71. The van der Waals surface area contributed by atoms with Crippen LogP contribution in [0.2, 0.25) is 0 Å². The molecule has 4 fully saturated rings. The van der Waals surface area contributed by atoms with E-state index >= 15 is 0 Å². The smallest absolute Gasteiger partial charge is 0.148 e. The topological polar surface area (TPSA) is 79.1 Å². The Morgan fingerprint density at radius 3 is 2.38 bits per heavy atom. The third-order valence-electron chi connectivity index (χ3n) is 5.22. The van der Waals surface area contributed by atoms with Crippen LogP contribution in [0.4, 0.5) is 11.6 Å². The maximum atomic E-state index is 5.63. The molecule has 1 aliphatic carbocycles. The van der Waals surface area contributed by atoms with Gasteiger partial charge in [-0.3, -0.25) is 0 Å². The van der Waals surface area contributed by atoms with E-state index in [1.54, 1.807) is 0 Å². The fraction of sp³-hybridized carbons (Fsp3) is 0.733. The minimum Gasteiger partial charge on any atom is -0.365 e. The van der Waals surface area contributed by atoms with Crippen LogP contribution in [0.3, 0.4) is 0 Å². The summed E-state index contributed by atoms with van der Waals surface area (Å²) in [5, 5.41) is 3.69. The lowest BCUT2D eigenvalue weighted by Gasteiger charge is -2.45. The van der Waals surface area contributed by atoms with Crippen LogP contribution >= 0.6 is 0 Å². The first kappa shape index (κ1) is 13.3. The maximum Gasteiger partial charge on any atom is 0.148 e. The third-order valence-corrected chi connectivity index (χ3v) is 5.22. The van der Waals surface area contributed by atoms with Crippen molar-refractivity contribution in [1.82, 2.24) is 14.9 Å². The number of nitrogens with two attached hydrogens (primary N) is 1. The summed E-state index contributed by atoms with van der Waals surface area (Å²) in [6.45, 7) is 5.69. The number of nitrogens with one attached hydrogen (secondary N) is 2. The van der Waals surface area contributed by atoms with Gasteiger partial charge >= 0.3 is 0 Å². The van der Waals surface area contributed by atoms with Gasteiger partial charge in [-0.1, -0.05) is 0 Å². The van der Waals surface area contributed by atoms with Crippen LogP contribution in [0.25, 0.3) is 0 Å². The maximum absolute atomic E-state index is 5.63. The Kier molecular flexibility index (Phi) is 3.23. The Morgan fingerprint density at radius 1 is 1.10 bits per heavy atom. The fourth-order valence-electron chi connectivity index (χ4n) is 3.64. The summed E-state index contributed by atoms with van der Waals surface area (Å²) in [7, 11) is 0. The fourth-order valence-corrected chi connectivity index (χ4v) is 3.64. The van der Waals surface area contributed by atoms with Crippen molar-refractivity contribution in [3.8, 4) is 0 Å². The van der Waals surface area contributed by atoms with Gasteiger partial charge in [0.15, 0.2) is 0 Å². The van der Waals surface area contributed by atoms with Crippen LogP contribution in [0, 0.1) is 12.8 Å². The van der Waals surface area contributed by atoms with E-state index < -0.39 is 0 Å². The summed E-state index contributed by atoms with van der Waals surface area (Å²) < 4.78 is 0. The molecule has 4 heterocycles. The molecule has 1 saturated carbocycles. The van der Waals surface area contributed by atoms with E-state index in [-0.39, 0.29) is 0 Å². The molecule has 0 radical (unpaired) electrons. The van der Waals surface area contributed by atoms with Gasteiger partial charge in [-0.2, -0.15) is 0 Å². The lowest BCUT2D eigenvalue weighted by molar-refractivity contribution is 0.0973. The summed E-state index contributed by atoms with van der Waals surface area (Å²) in [5.74, 6) is 9.61. The highest BCUT2D eigenvalue weighted by molar-refractivity contribution is 5.57. The van der Waals surface area contributed by atoms with Gasteiger partial charge in [0, 0.05) is 24.1 Å². The Balaban J connectivity index is 1.60. The highest BCUT2D eigenvalue weighted by Crippen LogP contribution is 2.40. The zero-order chi connectivity index (χ0) is 14.4. The van der Waals surface area contributed by atoms with E-state index in [9.17, 15) is 0 Å². The van der Waals surface area contributed by atoms with Gasteiger partial charge in [-0.15, -0.1) is 0 Å². The number of nitrogens with zero attached hydrogens (tertiary/aromatic N) is 3. The molecule has 21 heavy (non-hydrogen) atoms. The zero-order valence-electron chi connectivity index (χ0n) is 12.6. The average molecular weight is 288 g/mol. The van der Waals surface area contributed by atoms with E-state index in [0.717, 1.165) is 35.5 Å². The van der Waals surface area contributed by atoms with Gasteiger partial charge in [0.25, 0.3) is 0 Å². The largest absolute Gasteiger partial charge is 0.365 e. The number of fused-ring (bicyclic) bond motifs is 3. The number of piperidine rings is 3. The number of hydrogen-bond donors (Lipinski definition) is 3. The van der Waals surface area contributed by atoms with Crippen molar-refractivity contribution in [3.63, 3.8) is 0 Å². The van der Waals surface area contributed by atoms with Crippen LogP contribution in [-0.4, -0.2) is 40.5 Å². The summed E-state index contributed by atoms with van der Waals surface area (Å²) in [5.41, 5.74) is 3.75. The standard InChI is InChI=1S/C15H24N6/c1-9-13(17-12-8-21-6-4-10(12)5-7-21)18-15(11-2-3-11)19-14(9)20-16/h10-12H,2-8,16H2,1H3,(H2,17,18,19,20). The molecule has 1 atom stereocenters. The molecule has 0 amide bonds. The predicted octanol–water partition coefficient (Wildman–Crippen LogP) is 1.45. The minimum absolute atomic E-state index is 0.513. The molecule has 3 saturated heterocycles. The van der Waals surface area contributed by atoms with E-state index in [2.05, 4.69) is 20.6 Å². The molecule has 1 unspecified atom stereocenters. The molecule has 3 aliphatic heterocycles. The zero-order valence-corrected chi connectivity index (χ0v) is 12.6. The molecule has 114 valence electrons. The number of anilines is 2. The molecule has 0 spiro atoms. The number of rotatable bonds is 4. The lowest BCUT2D eigenvalue weighted by Crippen LogP contribution is -2.53. The summed E-state index contributed by atoms with van der Waals surface area (Å²) in [6.07, 6.45) is 5.01. The summed E-state index contributed by atoms with van der Waals surface area (Å²) in [6, 6.07) is 0.513. The van der Waals surface area contributed by atoms with Crippen molar-refractivity contribution in [2.75, 3.05) is 30.4 Å². The van der Waals surface area contributed by atoms with E-state index in [4.69, 9.17) is 10.8 Å². The van der Waals surface area contributed by atoms with Crippen molar-refractivity contribution < 1.29 is 0 Å². The molecule has 5 rings (SSSR count). The molecule has 4 aliphatic rings. The predicted molar refractivity (Wildman–Crippen MR) is 83.1 cm³/mol. The number of hydrazine groups is 1. The molecule has 1 aromatic rings. The Morgan fingerprint density at radius 2 is 1.81 bits per heavy atom. The molecule has 1 aromatic heterocycles. The number of aromatic nitrogens is 2. The second-order valence-electron chi connectivity index (χ2n) is 6.71. The third kappa shape index (κ3) is 2.46. The van der Waals surface area contributed by atoms with Gasteiger partial charge in [0.2, 0.25) is 0 Å². The lowest BCUT2D eigenvalue weighted by atomic mass is 9.84. The molecular weight excluding hydrogens is 264 g/mol. The molecule has 0 aromatic carbocycles. The van der Waals surface area contributed by atoms with Gasteiger partial charge in [-0.05, 0) is 51.6 Å². The summed E-state index contributed by atoms with van der Waals surface area (Å²) >= 11 is 0. The van der Waals surface area contributed by atoms with Gasteiger partial charge in [0.05, 0.1) is 0 Å². The monoisotopic (exact) mass is 288 g/mol. The number of nitrogen functional groups attached to an aromatic ring is 1. The minimum atomic E-state index is 0.513. The normalized spacial score (nSPS) is 31.2. The average Bonchev–Trinajstić information content (AvgIpc) is 3.35. The van der Waals surface area contributed by atoms with Crippen molar-refractivity contribution in [2.45, 2.75) is 44.6 Å². The second kappa shape index (κ2) is 5.10. The SMILES string of the molecule is Cc1c(NN)nc(C2CC2)nc1NC1CN2CCC1CC2. The van der Waals surface area contributed by atoms with Crippen LogP contribution < -0.4 is 16.6 Å². The van der Waals surface area contributed by atoms with Crippen LogP contribution in [0.5, 0.6) is 0 Å². The first-order chi connectivity index (χ1) is 10.2. The van der Waals surface area contributed by atoms with Gasteiger partial charge in [0.1, 0.15) is 17.5 Å². The number of hydrogen-bond acceptors (Lipinski definition) is 6. The van der Waals surface area contributed by atoms with Gasteiger partial charge < -0.3 is 15.6 Å². The Hall–Kier alpha value is -1.40. The van der Waals surface area contributed by atoms with Crippen molar-refractivity contribution in [2.24, 2.45) is 11.8 Å². The van der Waals surface area contributed by atoms with Crippen molar-refractivity contribution in [3.05, 3.63) is 11.4 Å². The first-order valence-corrected chi connectivity index (χ1v) is 8.08. The molecule has 6 heteroatoms. The van der Waals surface area contributed by atoms with Crippen LogP contribution in [0.15, 0.2) is 0 Å². The van der Waals surface area contributed by atoms with E-state index in [1.165, 1.54) is 38.8 Å². The molecular formula is C15H24N6. The first-order valence-electron chi connectivity index (χ1n) is 8.08. The van der Waals surface area contributed by atoms with Crippen LogP contribution in [-0.2, 0) is 0 Å². The molecule has 2 bridgehead atoms.